The molecule has 1 aromatic carbocycles. The normalized spacial score (nSPS) is 19.6. The third-order valence-electron chi connectivity index (χ3n) is 3.88. The number of para-hydroxylation sites is 1. The Kier molecular flexibility index (Phi) is 5.11. The summed E-state index contributed by atoms with van der Waals surface area (Å²) in [6.07, 6.45) is 2.32. The van der Waals surface area contributed by atoms with Gasteiger partial charge >= 0.3 is 0 Å². The van der Waals surface area contributed by atoms with Gasteiger partial charge in [0.2, 0.25) is 11.8 Å². The first kappa shape index (κ1) is 16.4. The van der Waals surface area contributed by atoms with Gasteiger partial charge in [0.1, 0.15) is 17.3 Å². The van der Waals surface area contributed by atoms with Crippen molar-refractivity contribution in [3.8, 4) is 0 Å². The smallest absolute Gasteiger partial charge is 0.228 e. The maximum Gasteiger partial charge on any atom is 0.228 e. The number of nitrogens with one attached hydrogen (secondary N) is 1. The van der Waals surface area contributed by atoms with Crippen LogP contribution in [0.15, 0.2) is 18.2 Å². The monoisotopic (exact) mass is 310 g/mol. The molecule has 4 nitrogen and oxygen atoms in total. The van der Waals surface area contributed by atoms with E-state index in [2.05, 4.69) is 5.32 Å². The molecule has 0 aliphatic heterocycles. The Morgan fingerprint density at radius 2 is 1.91 bits per heavy atom. The van der Waals surface area contributed by atoms with Crippen LogP contribution in [0.5, 0.6) is 0 Å². The van der Waals surface area contributed by atoms with E-state index in [1.807, 2.05) is 6.92 Å². The van der Waals surface area contributed by atoms with Crippen LogP contribution in [0.2, 0.25) is 0 Å². The highest BCUT2D eigenvalue weighted by Crippen LogP contribution is 2.41. The van der Waals surface area contributed by atoms with E-state index in [4.69, 9.17) is 0 Å². The van der Waals surface area contributed by atoms with Gasteiger partial charge in [-0.3, -0.25) is 9.59 Å². The van der Waals surface area contributed by atoms with E-state index in [0.29, 0.717) is 13.0 Å². The zero-order valence-electron chi connectivity index (χ0n) is 12.7. The quantitative estimate of drug-likeness (QED) is 0.878. The van der Waals surface area contributed by atoms with Crippen LogP contribution in [0.25, 0.3) is 0 Å². The predicted octanol–water partition coefficient (Wildman–Crippen LogP) is 2.80. The first-order valence-corrected chi connectivity index (χ1v) is 7.45. The first-order valence-electron chi connectivity index (χ1n) is 7.45. The van der Waals surface area contributed by atoms with E-state index >= 15 is 0 Å². The topological polar surface area (TPSA) is 49.4 Å². The molecule has 0 saturated heterocycles. The summed E-state index contributed by atoms with van der Waals surface area (Å²) >= 11 is 0. The fourth-order valence-corrected chi connectivity index (χ4v) is 2.38. The average Bonchev–Trinajstić information content (AvgIpc) is 3.28. The Hall–Kier alpha value is -1.98. The lowest BCUT2D eigenvalue weighted by molar-refractivity contribution is -0.132. The molecule has 1 aromatic rings. The molecule has 1 fully saturated rings. The number of carbonyl (C=O) groups excluding carboxylic acids is 2. The molecule has 2 unspecified atom stereocenters. The molecule has 1 N–H and O–H groups in total. The number of nitrogens with zero attached hydrogens (tertiary/aromatic N) is 1. The Labute approximate surface area is 128 Å². The summed E-state index contributed by atoms with van der Waals surface area (Å²) in [7, 11) is 1.71. The molecule has 0 aromatic heterocycles. The number of benzene rings is 1. The molecule has 22 heavy (non-hydrogen) atoms. The van der Waals surface area contributed by atoms with E-state index in [1.54, 1.807) is 11.9 Å². The lowest BCUT2D eigenvalue weighted by atomic mass is 10.2. The van der Waals surface area contributed by atoms with Crippen molar-refractivity contribution < 1.29 is 18.4 Å². The van der Waals surface area contributed by atoms with Crippen molar-refractivity contribution in [2.24, 2.45) is 11.8 Å². The van der Waals surface area contributed by atoms with Crippen molar-refractivity contribution in [2.45, 2.75) is 26.2 Å². The van der Waals surface area contributed by atoms with Crippen LogP contribution in [0, 0.1) is 23.5 Å². The van der Waals surface area contributed by atoms with Gasteiger partial charge in [-0.25, -0.2) is 8.78 Å². The maximum atomic E-state index is 13.5. The Bertz CT molecular complexity index is 557. The van der Waals surface area contributed by atoms with Crippen LogP contribution in [0.1, 0.15) is 26.2 Å². The van der Waals surface area contributed by atoms with Crippen LogP contribution in [-0.4, -0.2) is 30.3 Å². The van der Waals surface area contributed by atoms with Crippen LogP contribution in [0.3, 0.4) is 0 Å². The van der Waals surface area contributed by atoms with Gasteiger partial charge in [0.25, 0.3) is 0 Å². The van der Waals surface area contributed by atoms with Crippen molar-refractivity contribution in [3.05, 3.63) is 29.8 Å². The zero-order chi connectivity index (χ0) is 16.3. The van der Waals surface area contributed by atoms with Crippen molar-refractivity contribution in [2.75, 3.05) is 18.9 Å². The molecule has 0 bridgehead atoms. The van der Waals surface area contributed by atoms with Gasteiger partial charge in [0.05, 0.1) is 11.8 Å². The second-order valence-corrected chi connectivity index (χ2v) is 5.65. The minimum absolute atomic E-state index is 0.0809. The highest BCUT2D eigenvalue weighted by Gasteiger charge is 2.49. The number of hydrogen-bond acceptors (Lipinski definition) is 2. The Morgan fingerprint density at radius 3 is 2.50 bits per heavy atom. The number of amides is 2. The zero-order valence-corrected chi connectivity index (χ0v) is 12.7. The van der Waals surface area contributed by atoms with Gasteiger partial charge in [0, 0.05) is 13.6 Å². The first-order chi connectivity index (χ1) is 10.5. The number of hydrogen-bond donors (Lipinski definition) is 1. The van der Waals surface area contributed by atoms with Crippen molar-refractivity contribution in [1.82, 2.24) is 4.90 Å². The third kappa shape index (κ3) is 3.61. The van der Waals surface area contributed by atoms with Gasteiger partial charge in [-0.1, -0.05) is 19.4 Å². The third-order valence-corrected chi connectivity index (χ3v) is 3.88. The molecule has 2 rings (SSSR count). The van der Waals surface area contributed by atoms with Crippen molar-refractivity contribution >= 4 is 17.5 Å². The van der Waals surface area contributed by atoms with Crippen LogP contribution in [0.4, 0.5) is 14.5 Å². The Morgan fingerprint density at radius 1 is 1.27 bits per heavy atom. The summed E-state index contributed by atoms with van der Waals surface area (Å²) in [4.78, 5) is 25.7. The van der Waals surface area contributed by atoms with Gasteiger partial charge in [-0.15, -0.1) is 0 Å². The maximum absolute atomic E-state index is 13.5. The number of rotatable bonds is 6. The molecular formula is C16H20F2N2O2. The van der Waals surface area contributed by atoms with E-state index in [-0.39, 0.29) is 11.8 Å². The van der Waals surface area contributed by atoms with E-state index in [0.717, 1.165) is 25.0 Å². The largest absolute Gasteiger partial charge is 0.346 e. The molecule has 120 valence electrons. The van der Waals surface area contributed by atoms with Crippen LogP contribution >= 0.6 is 0 Å². The fraction of sp³-hybridized carbons (Fsp3) is 0.500. The molecule has 0 heterocycles. The minimum Gasteiger partial charge on any atom is -0.346 e. The number of carbonyl (C=O) groups is 2. The van der Waals surface area contributed by atoms with Crippen molar-refractivity contribution in [3.63, 3.8) is 0 Å². The fourth-order valence-electron chi connectivity index (χ4n) is 2.38. The Balaban J connectivity index is 1.92. The lowest BCUT2D eigenvalue weighted by Crippen LogP contribution is -2.30. The second-order valence-electron chi connectivity index (χ2n) is 5.65. The van der Waals surface area contributed by atoms with Gasteiger partial charge < -0.3 is 10.2 Å². The molecule has 1 aliphatic carbocycles. The summed E-state index contributed by atoms with van der Waals surface area (Å²) in [6, 6.07) is 3.38. The molecule has 1 saturated carbocycles. The van der Waals surface area contributed by atoms with Gasteiger partial charge in [-0.05, 0) is 25.0 Å². The summed E-state index contributed by atoms with van der Waals surface area (Å²) in [6.45, 7) is 2.69. The van der Waals surface area contributed by atoms with Gasteiger partial charge in [0.15, 0.2) is 0 Å². The molecule has 0 spiro atoms. The highest BCUT2D eigenvalue weighted by atomic mass is 19.1. The molecule has 2 atom stereocenters. The SMILES string of the molecule is CCCCN(C)C(=O)C1CC1C(=O)Nc1c(F)cccc1F. The van der Waals surface area contributed by atoms with Crippen LogP contribution < -0.4 is 5.32 Å². The molecule has 2 amide bonds. The predicted molar refractivity (Wildman–Crippen MR) is 79.1 cm³/mol. The van der Waals surface area contributed by atoms with E-state index < -0.39 is 29.1 Å². The lowest BCUT2D eigenvalue weighted by Gasteiger charge is -2.16. The molecule has 6 heteroatoms. The van der Waals surface area contributed by atoms with Crippen LogP contribution in [-0.2, 0) is 9.59 Å². The second kappa shape index (κ2) is 6.85. The summed E-state index contributed by atoms with van der Waals surface area (Å²) in [5, 5.41) is 2.25. The molecular weight excluding hydrogens is 290 g/mol. The number of halogens is 2. The summed E-state index contributed by atoms with van der Waals surface area (Å²) in [5.41, 5.74) is -0.454. The van der Waals surface area contributed by atoms with E-state index in [9.17, 15) is 18.4 Å². The number of anilines is 1. The summed E-state index contributed by atoms with van der Waals surface area (Å²) < 4.78 is 27.0. The van der Waals surface area contributed by atoms with Crippen molar-refractivity contribution in [1.29, 1.82) is 0 Å². The standard InChI is InChI=1S/C16H20F2N2O2/c1-3-4-8-20(2)16(22)11-9-10(11)15(21)19-14-12(17)6-5-7-13(14)18/h5-7,10-11H,3-4,8-9H2,1-2H3,(H,19,21). The minimum atomic E-state index is -0.822. The molecule has 1 aliphatic rings. The highest BCUT2D eigenvalue weighted by molar-refractivity contribution is 5.99. The average molecular weight is 310 g/mol. The number of unbranched alkanes of at least 4 members (excludes halogenated alkanes) is 1. The van der Waals surface area contributed by atoms with Gasteiger partial charge in [-0.2, -0.15) is 0 Å². The molecule has 0 radical (unpaired) electrons. The summed E-state index contributed by atoms with van der Waals surface area (Å²) in [5.74, 6) is -3.12. The van der Waals surface area contributed by atoms with E-state index in [1.165, 1.54) is 6.07 Å².